The zero-order valence-corrected chi connectivity index (χ0v) is 7.36. The Morgan fingerprint density at radius 3 is 3.00 bits per heavy atom. The first-order valence-electron chi connectivity index (χ1n) is 4.51. The summed E-state index contributed by atoms with van der Waals surface area (Å²) in [6.45, 7) is 0.460. The molecule has 3 nitrogen and oxygen atoms in total. The van der Waals surface area contributed by atoms with Crippen LogP contribution in [0.5, 0.6) is 5.75 Å². The number of benzene rings is 1. The molecule has 1 aliphatic carbocycles. The van der Waals surface area contributed by atoms with Gasteiger partial charge in [0, 0.05) is 6.54 Å². The van der Waals surface area contributed by atoms with Gasteiger partial charge in [0.15, 0.2) is 0 Å². The third-order valence-electron chi connectivity index (χ3n) is 2.01. The minimum atomic E-state index is 0.428. The fourth-order valence-corrected chi connectivity index (χ4v) is 1.20. The van der Waals surface area contributed by atoms with E-state index in [2.05, 4.69) is 5.48 Å². The van der Waals surface area contributed by atoms with E-state index in [1.165, 1.54) is 12.8 Å². The largest absolute Gasteiger partial charge is 0.490 e. The minimum Gasteiger partial charge on any atom is -0.490 e. The molecule has 2 rings (SSSR count). The van der Waals surface area contributed by atoms with Gasteiger partial charge in [-0.05, 0) is 30.5 Å². The standard InChI is InChI=1S/C10H13NO2/c12-11-7-8-2-1-3-10(6-8)13-9-4-5-9/h1-3,6,9,11-12H,4-5,7H2. The van der Waals surface area contributed by atoms with Crippen LogP contribution in [0.1, 0.15) is 18.4 Å². The summed E-state index contributed by atoms with van der Waals surface area (Å²) in [6.07, 6.45) is 2.77. The second kappa shape index (κ2) is 3.77. The van der Waals surface area contributed by atoms with Gasteiger partial charge in [0.05, 0.1) is 6.10 Å². The van der Waals surface area contributed by atoms with Crippen LogP contribution in [0.15, 0.2) is 24.3 Å². The Bertz CT molecular complexity index is 284. The summed E-state index contributed by atoms with van der Waals surface area (Å²) in [5.74, 6) is 0.898. The lowest BCUT2D eigenvalue weighted by Crippen LogP contribution is -2.06. The Kier molecular flexibility index (Phi) is 2.47. The molecule has 0 amide bonds. The summed E-state index contributed by atoms with van der Waals surface area (Å²) < 4.78 is 5.60. The van der Waals surface area contributed by atoms with Crippen LogP contribution in [-0.2, 0) is 6.54 Å². The van der Waals surface area contributed by atoms with Crippen LogP contribution in [0, 0.1) is 0 Å². The van der Waals surface area contributed by atoms with E-state index in [0.717, 1.165) is 11.3 Å². The molecule has 0 aliphatic heterocycles. The van der Waals surface area contributed by atoms with Crippen LogP contribution in [0.2, 0.25) is 0 Å². The number of hydrogen-bond acceptors (Lipinski definition) is 3. The van der Waals surface area contributed by atoms with Crippen LogP contribution in [0.3, 0.4) is 0 Å². The van der Waals surface area contributed by atoms with Crippen molar-refractivity contribution in [1.82, 2.24) is 5.48 Å². The highest BCUT2D eigenvalue weighted by Crippen LogP contribution is 2.26. The minimum absolute atomic E-state index is 0.428. The average Bonchev–Trinajstić information content (AvgIpc) is 2.90. The molecule has 13 heavy (non-hydrogen) atoms. The maximum atomic E-state index is 8.51. The van der Waals surface area contributed by atoms with E-state index in [0.29, 0.717) is 12.6 Å². The number of rotatable bonds is 4. The summed E-state index contributed by atoms with van der Waals surface area (Å²) in [5, 5.41) is 8.51. The summed E-state index contributed by atoms with van der Waals surface area (Å²) in [4.78, 5) is 0. The molecule has 1 fully saturated rings. The monoisotopic (exact) mass is 179 g/mol. The number of hydrogen-bond donors (Lipinski definition) is 2. The van der Waals surface area contributed by atoms with E-state index in [-0.39, 0.29) is 0 Å². The third kappa shape index (κ3) is 2.44. The lowest BCUT2D eigenvalue weighted by atomic mass is 10.2. The molecular weight excluding hydrogens is 166 g/mol. The Hall–Kier alpha value is -1.06. The molecule has 0 atom stereocenters. The number of nitrogens with one attached hydrogen (secondary N) is 1. The maximum Gasteiger partial charge on any atom is 0.120 e. The summed E-state index contributed by atoms with van der Waals surface area (Å²) in [7, 11) is 0. The molecule has 3 heteroatoms. The van der Waals surface area contributed by atoms with Crippen molar-refractivity contribution in [3.8, 4) is 5.75 Å². The number of hydroxylamine groups is 1. The summed E-state index contributed by atoms with van der Waals surface area (Å²) >= 11 is 0. The van der Waals surface area contributed by atoms with Crippen molar-refractivity contribution in [2.24, 2.45) is 0 Å². The van der Waals surface area contributed by atoms with Crippen LogP contribution >= 0.6 is 0 Å². The summed E-state index contributed by atoms with van der Waals surface area (Å²) in [5.41, 5.74) is 3.15. The van der Waals surface area contributed by atoms with E-state index in [4.69, 9.17) is 9.94 Å². The zero-order valence-electron chi connectivity index (χ0n) is 7.36. The van der Waals surface area contributed by atoms with Gasteiger partial charge in [-0.1, -0.05) is 12.1 Å². The van der Waals surface area contributed by atoms with E-state index in [9.17, 15) is 0 Å². The van der Waals surface area contributed by atoms with Gasteiger partial charge in [-0.3, -0.25) is 0 Å². The van der Waals surface area contributed by atoms with Gasteiger partial charge >= 0.3 is 0 Å². The quantitative estimate of drug-likeness (QED) is 0.691. The molecule has 0 heterocycles. The molecule has 1 aromatic rings. The van der Waals surface area contributed by atoms with Gasteiger partial charge < -0.3 is 9.94 Å². The Labute approximate surface area is 77.3 Å². The molecule has 0 unspecified atom stereocenters. The van der Waals surface area contributed by atoms with Gasteiger partial charge in [0.25, 0.3) is 0 Å². The highest BCUT2D eigenvalue weighted by atomic mass is 16.5. The highest BCUT2D eigenvalue weighted by molar-refractivity contribution is 5.28. The molecule has 0 aromatic heterocycles. The van der Waals surface area contributed by atoms with Crippen molar-refractivity contribution in [2.75, 3.05) is 0 Å². The average molecular weight is 179 g/mol. The fraction of sp³-hybridized carbons (Fsp3) is 0.400. The molecular formula is C10H13NO2. The zero-order chi connectivity index (χ0) is 9.10. The van der Waals surface area contributed by atoms with E-state index >= 15 is 0 Å². The molecule has 70 valence electrons. The highest BCUT2D eigenvalue weighted by Gasteiger charge is 2.23. The van der Waals surface area contributed by atoms with Crippen molar-refractivity contribution in [3.05, 3.63) is 29.8 Å². The van der Waals surface area contributed by atoms with Crippen LogP contribution < -0.4 is 10.2 Å². The Balaban J connectivity index is 2.02. The van der Waals surface area contributed by atoms with E-state index < -0.39 is 0 Å². The van der Waals surface area contributed by atoms with Crippen LogP contribution in [0.25, 0.3) is 0 Å². The van der Waals surface area contributed by atoms with Crippen molar-refractivity contribution in [3.63, 3.8) is 0 Å². The van der Waals surface area contributed by atoms with Crippen LogP contribution in [-0.4, -0.2) is 11.3 Å². The van der Waals surface area contributed by atoms with Gasteiger partial charge in [0.2, 0.25) is 0 Å². The predicted octanol–water partition coefficient (Wildman–Crippen LogP) is 1.71. The normalized spacial score (nSPS) is 15.8. The van der Waals surface area contributed by atoms with Crippen LogP contribution in [0.4, 0.5) is 0 Å². The first-order chi connectivity index (χ1) is 6.38. The molecule has 2 N–H and O–H groups in total. The SMILES string of the molecule is ONCc1cccc(OC2CC2)c1. The maximum absolute atomic E-state index is 8.51. The van der Waals surface area contributed by atoms with Crippen molar-refractivity contribution in [2.45, 2.75) is 25.5 Å². The molecule has 1 aromatic carbocycles. The molecule has 0 saturated heterocycles. The third-order valence-corrected chi connectivity index (χ3v) is 2.01. The fourth-order valence-electron chi connectivity index (χ4n) is 1.20. The smallest absolute Gasteiger partial charge is 0.120 e. The lowest BCUT2D eigenvalue weighted by molar-refractivity contribution is 0.161. The Morgan fingerprint density at radius 2 is 2.31 bits per heavy atom. The predicted molar refractivity (Wildman–Crippen MR) is 48.7 cm³/mol. The lowest BCUT2D eigenvalue weighted by Gasteiger charge is -2.05. The van der Waals surface area contributed by atoms with E-state index in [1.54, 1.807) is 0 Å². The number of ether oxygens (including phenoxy) is 1. The van der Waals surface area contributed by atoms with Gasteiger partial charge in [-0.2, -0.15) is 0 Å². The molecule has 1 saturated carbocycles. The molecule has 0 spiro atoms. The Morgan fingerprint density at radius 1 is 1.46 bits per heavy atom. The van der Waals surface area contributed by atoms with Crippen molar-refractivity contribution < 1.29 is 9.94 Å². The second-order valence-corrected chi connectivity index (χ2v) is 3.30. The molecule has 0 bridgehead atoms. The summed E-state index contributed by atoms with van der Waals surface area (Å²) in [6, 6.07) is 7.77. The second-order valence-electron chi connectivity index (χ2n) is 3.30. The van der Waals surface area contributed by atoms with Crippen molar-refractivity contribution in [1.29, 1.82) is 0 Å². The van der Waals surface area contributed by atoms with Crippen molar-refractivity contribution >= 4 is 0 Å². The molecule has 1 aliphatic rings. The topological polar surface area (TPSA) is 41.5 Å². The van der Waals surface area contributed by atoms with E-state index in [1.807, 2.05) is 24.3 Å². The van der Waals surface area contributed by atoms with Gasteiger partial charge in [-0.25, -0.2) is 5.48 Å². The molecule has 0 radical (unpaired) electrons. The first-order valence-corrected chi connectivity index (χ1v) is 4.51. The van der Waals surface area contributed by atoms with Gasteiger partial charge in [0.1, 0.15) is 5.75 Å². The first kappa shape index (κ1) is 8.53. The van der Waals surface area contributed by atoms with Gasteiger partial charge in [-0.15, -0.1) is 0 Å².